The van der Waals surface area contributed by atoms with E-state index in [9.17, 15) is 9.59 Å². The van der Waals surface area contributed by atoms with Gasteiger partial charge in [-0.2, -0.15) is 0 Å². The van der Waals surface area contributed by atoms with Crippen LogP contribution in [-0.4, -0.2) is 29.0 Å². The number of nitrogens with one attached hydrogen (secondary N) is 2. The number of fused-ring (bicyclic) bond motifs is 1. The molecule has 0 atom stereocenters. The Bertz CT molecular complexity index is 878. The Morgan fingerprint density at radius 1 is 1.12 bits per heavy atom. The van der Waals surface area contributed by atoms with Crippen molar-refractivity contribution in [3.63, 3.8) is 0 Å². The van der Waals surface area contributed by atoms with E-state index in [1.165, 1.54) is 13.2 Å². The Labute approximate surface area is 138 Å². The number of esters is 1. The number of carbonyl (C=O) groups is 2. The smallest absolute Gasteiger partial charge is 0.337 e. The molecule has 6 heteroatoms. The fourth-order valence-corrected chi connectivity index (χ4v) is 2.19. The average Bonchev–Trinajstić information content (AvgIpc) is 3.02. The van der Waals surface area contributed by atoms with E-state index in [1.807, 2.05) is 24.3 Å². The second kappa shape index (κ2) is 6.78. The number of methoxy groups -OCH3 is 1. The Balaban J connectivity index is 1.65. The summed E-state index contributed by atoms with van der Waals surface area (Å²) in [6, 6.07) is 14.3. The lowest BCUT2D eigenvalue weighted by Crippen LogP contribution is -2.08. The summed E-state index contributed by atoms with van der Waals surface area (Å²) in [6.07, 6.45) is 3.05. The van der Waals surface area contributed by atoms with Gasteiger partial charge in [-0.05, 0) is 35.9 Å². The number of nitrogens with zero attached hydrogens (tertiary/aromatic N) is 1. The van der Waals surface area contributed by atoms with Gasteiger partial charge in [0.25, 0.3) is 5.91 Å². The van der Waals surface area contributed by atoms with Gasteiger partial charge < -0.3 is 9.72 Å². The van der Waals surface area contributed by atoms with Crippen molar-refractivity contribution in [1.29, 1.82) is 0 Å². The lowest BCUT2D eigenvalue weighted by atomic mass is 10.1. The van der Waals surface area contributed by atoms with Gasteiger partial charge in [-0.25, -0.2) is 9.78 Å². The van der Waals surface area contributed by atoms with Crippen LogP contribution in [0.2, 0.25) is 0 Å². The van der Waals surface area contributed by atoms with Crippen LogP contribution < -0.4 is 5.32 Å². The number of ether oxygens (including phenoxy) is 1. The van der Waals surface area contributed by atoms with Crippen LogP contribution in [0.5, 0.6) is 0 Å². The molecule has 0 radical (unpaired) electrons. The molecule has 1 heterocycles. The van der Waals surface area contributed by atoms with Crippen molar-refractivity contribution in [2.24, 2.45) is 0 Å². The number of H-pyrrole nitrogens is 1. The third-order valence-corrected chi connectivity index (χ3v) is 3.39. The fraction of sp³-hybridized carbons (Fsp3) is 0.0556. The molecule has 0 saturated carbocycles. The molecule has 3 rings (SSSR count). The van der Waals surface area contributed by atoms with Crippen molar-refractivity contribution in [1.82, 2.24) is 9.97 Å². The second-order valence-corrected chi connectivity index (χ2v) is 5.04. The quantitative estimate of drug-likeness (QED) is 0.571. The van der Waals surface area contributed by atoms with Crippen LogP contribution in [0.15, 0.2) is 54.6 Å². The van der Waals surface area contributed by atoms with Gasteiger partial charge in [0, 0.05) is 6.08 Å². The molecule has 0 unspecified atom stereocenters. The number of anilines is 1. The monoisotopic (exact) mass is 321 g/mol. The maximum Gasteiger partial charge on any atom is 0.337 e. The molecule has 0 spiro atoms. The molecule has 6 nitrogen and oxygen atoms in total. The first-order valence-electron chi connectivity index (χ1n) is 7.28. The normalized spacial score (nSPS) is 10.9. The molecule has 0 aliphatic carbocycles. The third kappa shape index (κ3) is 3.49. The summed E-state index contributed by atoms with van der Waals surface area (Å²) in [5.41, 5.74) is 2.90. The van der Waals surface area contributed by atoms with Crippen LogP contribution in [0.3, 0.4) is 0 Å². The first-order chi connectivity index (χ1) is 11.7. The number of rotatable bonds is 4. The summed E-state index contributed by atoms with van der Waals surface area (Å²) < 4.78 is 4.63. The van der Waals surface area contributed by atoms with Crippen LogP contribution in [0.4, 0.5) is 5.95 Å². The molecule has 1 amide bonds. The molecule has 0 aliphatic heterocycles. The van der Waals surface area contributed by atoms with Gasteiger partial charge in [0.2, 0.25) is 5.95 Å². The van der Waals surface area contributed by atoms with E-state index in [0.717, 1.165) is 16.6 Å². The van der Waals surface area contributed by atoms with Crippen molar-refractivity contribution < 1.29 is 14.3 Å². The number of amides is 1. The Morgan fingerprint density at radius 3 is 2.58 bits per heavy atom. The third-order valence-electron chi connectivity index (χ3n) is 3.39. The summed E-state index contributed by atoms with van der Waals surface area (Å²) in [5.74, 6) is -0.300. The highest BCUT2D eigenvalue weighted by Crippen LogP contribution is 2.13. The lowest BCUT2D eigenvalue weighted by molar-refractivity contribution is -0.111. The maximum absolute atomic E-state index is 12.0. The zero-order valence-corrected chi connectivity index (χ0v) is 12.9. The van der Waals surface area contributed by atoms with Gasteiger partial charge in [0.1, 0.15) is 0 Å². The number of hydrogen-bond donors (Lipinski definition) is 2. The van der Waals surface area contributed by atoms with Crippen molar-refractivity contribution in [2.75, 3.05) is 12.4 Å². The number of aromatic amines is 1. The van der Waals surface area contributed by atoms with Gasteiger partial charge in [-0.15, -0.1) is 0 Å². The fourth-order valence-electron chi connectivity index (χ4n) is 2.19. The van der Waals surface area contributed by atoms with Crippen molar-refractivity contribution in [3.8, 4) is 0 Å². The molecule has 0 aliphatic rings. The highest BCUT2D eigenvalue weighted by Gasteiger charge is 2.05. The van der Waals surface area contributed by atoms with Crippen LogP contribution in [0.25, 0.3) is 17.1 Å². The standard InChI is InChI=1S/C18H15N3O3/c1-24-17(23)13-9-6-12(7-10-13)8-11-16(22)21-18-19-14-4-2-3-5-15(14)20-18/h2-11H,1H3,(H2,19,20,21,22). The van der Waals surface area contributed by atoms with Crippen molar-refractivity contribution >= 4 is 34.9 Å². The number of aromatic nitrogens is 2. The molecule has 24 heavy (non-hydrogen) atoms. The summed E-state index contributed by atoms with van der Waals surface area (Å²) in [6.45, 7) is 0. The minimum atomic E-state index is -0.395. The first-order valence-corrected chi connectivity index (χ1v) is 7.28. The minimum Gasteiger partial charge on any atom is -0.465 e. The maximum atomic E-state index is 12.0. The number of benzene rings is 2. The molecule has 0 fully saturated rings. The molecule has 1 aromatic heterocycles. The number of carbonyl (C=O) groups excluding carboxylic acids is 2. The van der Waals surface area contributed by atoms with Gasteiger partial charge in [-0.1, -0.05) is 24.3 Å². The van der Waals surface area contributed by atoms with Gasteiger partial charge in [0.05, 0.1) is 23.7 Å². The van der Waals surface area contributed by atoms with Crippen LogP contribution >= 0.6 is 0 Å². The molecule has 120 valence electrons. The van der Waals surface area contributed by atoms with Gasteiger partial charge in [0.15, 0.2) is 0 Å². The second-order valence-electron chi connectivity index (χ2n) is 5.04. The lowest BCUT2D eigenvalue weighted by Gasteiger charge is -1.99. The predicted octanol–water partition coefficient (Wildman–Crippen LogP) is 3.00. The largest absolute Gasteiger partial charge is 0.465 e. The molecular formula is C18H15N3O3. The van der Waals surface area contributed by atoms with Gasteiger partial charge in [-0.3, -0.25) is 10.1 Å². The van der Waals surface area contributed by atoms with Crippen molar-refractivity contribution in [3.05, 3.63) is 65.7 Å². The molecule has 0 bridgehead atoms. The number of hydrogen-bond acceptors (Lipinski definition) is 4. The Kier molecular flexibility index (Phi) is 4.38. The SMILES string of the molecule is COC(=O)c1ccc(C=CC(=O)Nc2nc3ccccc3[nH]2)cc1. The van der Waals surface area contributed by atoms with Crippen molar-refractivity contribution in [2.45, 2.75) is 0 Å². The zero-order valence-electron chi connectivity index (χ0n) is 12.9. The van der Waals surface area contributed by atoms with E-state index in [2.05, 4.69) is 20.0 Å². The molecular weight excluding hydrogens is 306 g/mol. The highest BCUT2D eigenvalue weighted by atomic mass is 16.5. The van der Waals surface area contributed by atoms with E-state index >= 15 is 0 Å². The first kappa shape index (κ1) is 15.5. The van der Waals surface area contributed by atoms with Crippen LogP contribution in [-0.2, 0) is 9.53 Å². The van der Waals surface area contributed by atoms with Gasteiger partial charge >= 0.3 is 5.97 Å². The zero-order chi connectivity index (χ0) is 16.9. The summed E-state index contributed by atoms with van der Waals surface area (Å²) in [7, 11) is 1.33. The molecule has 0 saturated heterocycles. The Hall–Kier alpha value is -3.41. The highest BCUT2D eigenvalue weighted by molar-refractivity contribution is 6.01. The summed E-state index contributed by atoms with van der Waals surface area (Å²) in [5, 5.41) is 2.67. The topological polar surface area (TPSA) is 84.1 Å². The molecule has 2 aromatic carbocycles. The number of para-hydroxylation sites is 2. The van der Waals surface area contributed by atoms with E-state index < -0.39 is 5.97 Å². The minimum absolute atomic E-state index is 0.300. The average molecular weight is 321 g/mol. The molecule has 2 N–H and O–H groups in total. The van der Waals surface area contributed by atoms with E-state index in [0.29, 0.717) is 11.5 Å². The van der Waals surface area contributed by atoms with E-state index in [1.54, 1.807) is 30.3 Å². The number of imidazole rings is 1. The van der Waals surface area contributed by atoms with Crippen LogP contribution in [0.1, 0.15) is 15.9 Å². The van der Waals surface area contributed by atoms with E-state index in [4.69, 9.17) is 0 Å². The van der Waals surface area contributed by atoms with Crippen LogP contribution in [0, 0.1) is 0 Å². The molecule has 3 aromatic rings. The van der Waals surface area contributed by atoms with E-state index in [-0.39, 0.29) is 5.91 Å². The summed E-state index contributed by atoms with van der Waals surface area (Å²) in [4.78, 5) is 30.6. The summed E-state index contributed by atoms with van der Waals surface area (Å²) >= 11 is 0. The predicted molar refractivity (Wildman–Crippen MR) is 91.5 cm³/mol. The Morgan fingerprint density at radius 2 is 1.88 bits per heavy atom.